The Kier molecular flexibility index (Phi) is 7.12. The molecule has 0 N–H and O–H groups in total. The third-order valence-electron chi connectivity index (χ3n) is 2.87. The van der Waals surface area contributed by atoms with Gasteiger partial charge in [-0.05, 0) is 30.5 Å². The van der Waals surface area contributed by atoms with Crippen LogP contribution in [0.15, 0.2) is 12.1 Å². The van der Waals surface area contributed by atoms with Crippen molar-refractivity contribution in [1.29, 1.82) is 0 Å². The van der Waals surface area contributed by atoms with E-state index in [9.17, 15) is 13.2 Å². The summed E-state index contributed by atoms with van der Waals surface area (Å²) in [6, 6.07) is 2.39. The van der Waals surface area contributed by atoms with Gasteiger partial charge in [-0.1, -0.05) is 12.8 Å². The van der Waals surface area contributed by atoms with E-state index in [2.05, 4.69) is 0 Å². The zero-order valence-corrected chi connectivity index (χ0v) is 12.1. The molecule has 0 saturated heterocycles. The fourth-order valence-corrected chi connectivity index (χ4v) is 2.92. The van der Waals surface area contributed by atoms with Crippen molar-refractivity contribution < 1.29 is 22.0 Å². The lowest BCUT2D eigenvalue weighted by Gasteiger charge is -2.09. The van der Waals surface area contributed by atoms with E-state index in [1.807, 2.05) is 0 Å². The smallest absolute Gasteiger partial charge is 0.384 e. The fourth-order valence-electron chi connectivity index (χ4n) is 1.80. The number of rotatable bonds is 8. The SMILES string of the molecule is CO[Si](CCCCCc1cc(F)c(F)cc1F)OC. The van der Waals surface area contributed by atoms with Gasteiger partial charge in [-0.3, -0.25) is 0 Å². The van der Waals surface area contributed by atoms with Gasteiger partial charge in [0.25, 0.3) is 0 Å². The lowest BCUT2D eigenvalue weighted by Crippen LogP contribution is -2.18. The van der Waals surface area contributed by atoms with Crippen LogP contribution in [0.5, 0.6) is 0 Å². The molecule has 19 heavy (non-hydrogen) atoms. The first kappa shape index (κ1) is 16.2. The van der Waals surface area contributed by atoms with Crippen LogP contribution in [-0.4, -0.2) is 23.5 Å². The van der Waals surface area contributed by atoms with E-state index in [0.717, 1.165) is 31.4 Å². The lowest BCUT2D eigenvalue weighted by atomic mass is 10.1. The standard InChI is InChI=1S/C13H18F3O2Si/c1-17-19(18-2)7-5-3-4-6-10-8-12(15)13(16)9-11(10)14/h8-9H,3-7H2,1-2H3. The second-order valence-corrected chi connectivity index (χ2v) is 6.26. The summed E-state index contributed by atoms with van der Waals surface area (Å²) in [5.74, 6) is -2.83. The molecule has 2 nitrogen and oxygen atoms in total. The van der Waals surface area contributed by atoms with Crippen molar-refractivity contribution in [3.8, 4) is 0 Å². The molecule has 0 atom stereocenters. The quantitative estimate of drug-likeness (QED) is 0.414. The summed E-state index contributed by atoms with van der Waals surface area (Å²) in [6.07, 6.45) is 2.93. The van der Waals surface area contributed by atoms with Gasteiger partial charge in [0.15, 0.2) is 11.6 Å². The maximum absolute atomic E-state index is 13.3. The zero-order valence-electron chi connectivity index (χ0n) is 11.1. The van der Waals surface area contributed by atoms with Crippen LogP contribution in [-0.2, 0) is 15.3 Å². The Morgan fingerprint density at radius 3 is 2.16 bits per heavy atom. The lowest BCUT2D eigenvalue weighted by molar-refractivity contribution is 0.276. The van der Waals surface area contributed by atoms with Crippen LogP contribution in [0.2, 0.25) is 6.04 Å². The van der Waals surface area contributed by atoms with Gasteiger partial charge in [-0.2, -0.15) is 0 Å². The minimum Gasteiger partial charge on any atom is -0.397 e. The molecule has 0 unspecified atom stereocenters. The summed E-state index contributed by atoms with van der Waals surface area (Å²) >= 11 is 0. The molecule has 0 fully saturated rings. The van der Waals surface area contributed by atoms with Gasteiger partial charge < -0.3 is 8.85 Å². The number of halogens is 3. The molecule has 1 rings (SSSR count). The Morgan fingerprint density at radius 2 is 1.53 bits per heavy atom. The van der Waals surface area contributed by atoms with E-state index in [1.165, 1.54) is 0 Å². The average Bonchev–Trinajstić information content (AvgIpc) is 2.39. The van der Waals surface area contributed by atoms with Gasteiger partial charge in [0.05, 0.1) is 0 Å². The molecule has 0 bridgehead atoms. The second-order valence-electron chi connectivity index (χ2n) is 4.20. The number of hydrogen-bond acceptors (Lipinski definition) is 2. The average molecular weight is 291 g/mol. The molecule has 0 aliphatic carbocycles. The molecule has 107 valence electrons. The molecule has 1 aromatic rings. The van der Waals surface area contributed by atoms with Gasteiger partial charge in [-0.15, -0.1) is 0 Å². The highest BCUT2D eigenvalue weighted by molar-refractivity contribution is 6.44. The van der Waals surface area contributed by atoms with Crippen LogP contribution in [0.4, 0.5) is 13.2 Å². The van der Waals surface area contributed by atoms with Crippen molar-refractivity contribution in [2.24, 2.45) is 0 Å². The van der Waals surface area contributed by atoms with Gasteiger partial charge in [0.1, 0.15) is 5.82 Å². The highest BCUT2D eigenvalue weighted by Gasteiger charge is 2.12. The molecule has 0 heterocycles. The van der Waals surface area contributed by atoms with E-state index in [1.54, 1.807) is 14.2 Å². The van der Waals surface area contributed by atoms with E-state index in [0.29, 0.717) is 12.5 Å². The second kappa shape index (κ2) is 8.34. The van der Waals surface area contributed by atoms with Gasteiger partial charge in [0.2, 0.25) is 0 Å². The van der Waals surface area contributed by atoms with E-state index in [-0.39, 0.29) is 5.56 Å². The first-order chi connectivity index (χ1) is 9.08. The zero-order chi connectivity index (χ0) is 14.3. The fraction of sp³-hybridized carbons (Fsp3) is 0.538. The van der Waals surface area contributed by atoms with Crippen molar-refractivity contribution >= 4 is 9.28 Å². The van der Waals surface area contributed by atoms with Crippen LogP contribution in [0.3, 0.4) is 0 Å². The van der Waals surface area contributed by atoms with Crippen LogP contribution < -0.4 is 0 Å². The van der Waals surface area contributed by atoms with Gasteiger partial charge in [-0.25, -0.2) is 13.2 Å². The molecule has 1 radical (unpaired) electrons. The predicted octanol–water partition coefficient (Wildman–Crippen LogP) is 3.60. The van der Waals surface area contributed by atoms with E-state index < -0.39 is 26.7 Å². The summed E-state index contributed by atoms with van der Waals surface area (Å²) in [7, 11) is 2.07. The van der Waals surface area contributed by atoms with E-state index in [4.69, 9.17) is 8.85 Å². The Morgan fingerprint density at radius 1 is 0.895 bits per heavy atom. The van der Waals surface area contributed by atoms with Gasteiger partial charge >= 0.3 is 9.28 Å². The molecule has 0 amide bonds. The minimum absolute atomic E-state index is 0.225. The van der Waals surface area contributed by atoms with Gasteiger partial charge in [0, 0.05) is 20.3 Å². The largest absolute Gasteiger partial charge is 0.397 e. The summed E-state index contributed by atoms with van der Waals surface area (Å²) in [6.45, 7) is 0. The molecular formula is C13H18F3O2Si. The summed E-state index contributed by atoms with van der Waals surface area (Å²) in [5, 5.41) is 0. The molecular weight excluding hydrogens is 273 g/mol. The highest BCUT2D eigenvalue weighted by Crippen LogP contribution is 2.17. The summed E-state index contributed by atoms with van der Waals surface area (Å²) in [5.41, 5.74) is 0.225. The molecule has 0 saturated carbocycles. The van der Waals surface area contributed by atoms with Crippen LogP contribution >= 0.6 is 0 Å². The van der Waals surface area contributed by atoms with E-state index >= 15 is 0 Å². The molecule has 0 aromatic heterocycles. The topological polar surface area (TPSA) is 18.5 Å². The third-order valence-corrected chi connectivity index (χ3v) is 4.54. The Labute approximate surface area is 113 Å². The molecule has 1 aromatic carbocycles. The highest BCUT2D eigenvalue weighted by atomic mass is 28.3. The predicted molar refractivity (Wildman–Crippen MR) is 68.5 cm³/mol. The molecule has 6 heteroatoms. The summed E-state index contributed by atoms with van der Waals surface area (Å²) < 4.78 is 49.3. The summed E-state index contributed by atoms with van der Waals surface area (Å²) in [4.78, 5) is 0. The Balaban J connectivity index is 2.32. The number of unbranched alkanes of at least 4 members (excludes halogenated alkanes) is 2. The molecule has 0 aliphatic heterocycles. The number of aryl methyl sites for hydroxylation is 1. The number of hydrogen-bond donors (Lipinski definition) is 0. The first-order valence-corrected chi connectivity index (χ1v) is 7.68. The van der Waals surface area contributed by atoms with Crippen molar-refractivity contribution in [3.05, 3.63) is 35.1 Å². The third kappa shape index (κ3) is 5.34. The Hall–Kier alpha value is -0.853. The van der Waals surface area contributed by atoms with Crippen LogP contribution in [0, 0.1) is 17.5 Å². The number of benzene rings is 1. The monoisotopic (exact) mass is 291 g/mol. The Bertz CT molecular complexity index is 398. The van der Waals surface area contributed by atoms with Crippen molar-refractivity contribution in [2.75, 3.05) is 14.2 Å². The van der Waals surface area contributed by atoms with Crippen molar-refractivity contribution in [1.82, 2.24) is 0 Å². The maximum atomic E-state index is 13.3. The maximum Gasteiger partial charge on any atom is 0.384 e. The minimum atomic E-state index is -1.17. The van der Waals surface area contributed by atoms with Crippen molar-refractivity contribution in [2.45, 2.75) is 31.7 Å². The van der Waals surface area contributed by atoms with Crippen molar-refractivity contribution in [3.63, 3.8) is 0 Å². The van der Waals surface area contributed by atoms with Crippen LogP contribution in [0.25, 0.3) is 0 Å². The normalized spacial score (nSPS) is 11.3. The first-order valence-electron chi connectivity index (χ1n) is 6.15. The van der Waals surface area contributed by atoms with Crippen LogP contribution in [0.1, 0.15) is 24.8 Å². The molecule has 0 aliphatic rings. The molecule has 0 spiro atoms.